The van der Waals surface area contributed by atoms with Gasteiger partial charge >= 0.3 is 11.9 Å². The van der Waals surface area contributed by atoms with Gasteiger partial charge in [0, 0.05) is 43.2 Å². The van der Waals surface area contributed by atoms with E-state index >= 15 is 0 Å². The van der Waals surface area contributed by atoms with Crippen LogP contribution in [0.2, 0.25) is 0 Å². The zero-order valence-electron chi connectivity index (χ0n) is 22.1. The number of ether oxygens (including phenoxy) is 5. The van der Waals surface area contributed by atoms with Crippen LogP contribution in [0.25, 0.3) is 0 Å². The van der Waals surface area contributed by atoms with Crippen molar-refractivity contribution < 1.29 is 38.1 Å². The van der Waals surface area contributed by atoms with Gasteiger partial charge in [-0.25, -0.2) is 4.98 Å². The summed E-state index contributed by atoms with van der Waals surface area (Å²) in [6, 6.07) is 7.02. The van der Waals surface area contributed by atoms with E-state index in [-0.39, 0.29) is 35.4 Å². The number of hydrogen-bond donors (Lipinski definition) is 0. The van der Waals surface area contributed by atoms with Gasteiger partial charge in [0.25, 0.3) is 0 Å². The van der Waals surface area contributed by atoms with Crippen molar-refractivity contribution in [2.24, 2.45) is 11.8 Å². The van der Waals surface area contributed by atoms with E-state index < -0.39 is 29.7 Å². The third kappa shape index (κ3) is 6.96. The van der Waals surface area contributed by atoms with Crippen LogP contribution in [0.1, 0.15) is 63.0 Å². The zero-order valence-corrected chi connectivity index (χ0v) is 22.1. The number of pyridine rings is 1. The maximum atomic E-state index is 13.0. The minimum atomic E-state index is -0.760. The molecular weight excluding hydrogens is 466 g/mol. The largest absolute Gasteiger partial charge is 0.497 e. The van der Waals surface area contributed by atoms with Gasteiger partial charge in [-0.1, -0.05) is 26.8 Å². The van der Waals surface area contributed by atoms with Gasteiger partial charge in [0.2, 0.25) is 5.75 Å². The molecule has 1 aromatic carbocycles. The van der Waals surface area contributed by atoms with Crippen LogP contribution in [-0.4, -0.2) is 50.1 Å². The lowest BCUT2D eigenvalue weighted by Gasteiger charge is -2.30. The van der Waals surface area contributed by atoms with Crippen LogP contribution < -0.4 is 18.9 Å². The molecule has 0 aliphatic rings. The third-order valence-electron chi connectivity index (χ3n) is 5.82. The van der Waals surface area contributed by atoms with Gasteiger partial charge in [-0.3, -0.25) is 14.4 Å². The number of aromatic nitrogens is 1. The van der Waals surface area contributed by atoms with Crippen molar-refractivity contribution in [2.75, 3.05) is 21.3 Å². The maximum absolute atomic E-state index is 13.0. The van der Waals surface area contributed by atoms with Crippen LogP contribution in [0, 0.1) is 11.8 Å². The smallest absolute Gasteiger partial charge is 0.309 e. The lowest BCUT2D eigenvalue weighted by molar-refractivity contribution is -0.154. The summed E-state index contributed by atoms with van der Waals surface area (Å²) < 4.78 is 27.0. The normalized spacial score (nSPS) is 13.4. The second-order valence-corrected chi connectivity index (χ2v) is 8.83. The van der Waals surface area contributed by atoms with Crippen molar-refractivity contribution in [3.05, 3.63) is 41.7 Å². The van der Waals surface area contributed by atoms with Crippen LogP contribution in [-0.2, 0) is 14.3 Å². The SMILES string of the molecule is COc1ccc([C@H](C(C)C)[C@H](C)OC(=O)[C@H](C)CC(=O)c2nccc(OC)c2OC(C)=O)c(OC)c1. The molecule has 2 rings (SSSR count). The molecule has 0 bridgehead atoms. The fourth-order valence-corrected chi connectivity index (χ4v) is 4.11. The molecule has 0 fully saturated rings. The standard InChI is InChI=1S/C27H35NO8/c1-15(2)24(20-10-9-19(32-6)14-23(20)34-8)17(4)35-27(31)16(3)13-21(30)25-26(36-18(5)29)22(33-7)11-12-28-25/h9-12,14-17,24H,13H2,1-8H3/t16-,17+,24-/m1/s1. The fraction of sp³-hybridized carbons (Fsp3) is 0.481. The summed E-state index contributed by atoms with van der Waals surface area (Å²) in [5, 5.41) is 0. The van der Waals surface area contributed by atoms with Gasteiger partial charge in [0.15, 0.2) is 17.2 Å². The topological polar surface area (TPSA) is 110 Å². The van der Waals surface area contributed by atoms with Gasteiger partial charge in [0.1, 0.15) is 17.6 Å². The number of carbonyl (C=O) groups is 3. The number of rotatable bonds is 12. The Kier molecular flexibility index (Phi) is 10.3. The molecule has 0 saturated heterocycles. The summed E-state index contributed by atoms with van der Waals surface area (Å²) in [4.78, 5) is 41.5. The zero-order chi connectivity index (χ0) is 27.0. The van der Waals surface area contributed by atoms with E-state index in [2.05, 4.69) is 4.98 Å². The molecule has 3 atom stereocenters. The molecule has 0 aliphatic heterocycles. The molecule has 1 aromatic heterocycles. The molecule has 36 heavy (non-hydrogen) atoms. The Morgan fingerprint density at radius 2 is 1.58 bits per heavy atom. The van der Waals surface area contributed by atoms with E-state index in [9.17, 15) is 14.4 Å². The Labute approximate surface area is 212 Å². The molecule has 196 valence electrons. The molecule has 0 aliphatic carbocycles. The Morgan fingerprint density at radius 3 is 2.14 bits per heavy atom. The number of Topliss-reactive ketones (excluding diaryl/α,β-unsaturated/α-hetero) is 1. The summed E-state index contributed by atoms with van der Waals surface area (Å²) >= 11 is 0. The highest BCUT2D eigenvalue weighted by atomic mass is 16.6. The minimum Gasteiger partial charge on any atom is -0.497 e. The van der Waals surface area contributed by atoms with Crippen molar-refractivity contribution in [1.82, 2.24) is 4.98 Å². The predicted octanol–water partition coefficient (Wildman–Crippen LogP) is 4.61. The van der Waals surface area contributed by atoms with Crippen LogP contribution in [0.4, 0.5) is 0 Å². The van der Waals surface area contributed by atoms with Gasteiger partial charge in [-0.05, 0) is 18.9 Å². The van der Waals surface area contributed by atoms with Crippen molar-refractivity contribution >= 4 is 17.7 Å². The van der Waals surface area contributed by atoms with E-state index in [4.69, 9.17) is 23.7 Å². The van der Waals surface area contributed by atoms with E-state index in [0.29, 0.717) is 11.5 Å². The molecule has 0 unspecified atom stereocenters. The Balaban J connectivity index is 2.19. The van der Waals surface area contributed by atoms with Gasteiger partial charge in [-0.15, -0.1) is 0 Å². The van der Waals surface area contributed by atoms with E-state index in [1.807, 2.05) is 32.9 Å². The molecule has 0 N–H and O–H groups in total. The first kappa shape index (κ1) is 28.6. The first-order valence-corrected chi connectivity index (χ1v) is 11.7. The molecule has 1 heterocycles. The summed E-state index contributed by atoms with van der Waals surface area (Å²) in [5.41, 5.74) is 0.809. The van der Waals surface area contributed by atoms with Gasteiger partial charge in [0.05, 0.1) is 27.2 Å². The average Bonchev–Trinajstić information content (AvgIpc) is 2.83. The lowest BCUT2D eigenvalue weighted by Crippen LogP contribution is -2.29. The highest BCUT2D eigenvalue weighted by molar-refractivity contribution is 5.99. The number of ketones is 1. The Morgan fingerprint density at radius 1 is 0.917 bits per heavy atom. The van der Waals surface area contributed by atoms with Crippen molar-refractivity contribution in [3.63, 3.8) is 0 Å². The maximum Gasteiger partial charge on any atom is 0.309 e. The second-order valence-electron chi connectivity index (χ2n) is 8.83. The number of methoxy groups -OCH3 is 3. The highest BCUT2D eigenvalue weighted by Crippen LogP contribution is 2.38. The molecule has 9 nitrogen and oxygen atoms in total. The number of benzene rings is 1. The van der Waals surface area contributed by atoms with Crippen LogP contribution in [0.15, 0.2) is 30.5 Å². The van der Waals surface area contributed by atoms with E-state index in [1.165, 1.54) is 26.3 Å². The fourth-order valence-electron chi connectivity index (χ4n) is 4.11. The summed E-state index contributed by atoms with van der Waals surface area (Å²) in [5.74, 6) is -0.985. The molecule has 2 aromatic rings. The second kappa shape index (κ2) is 12.9. The molecule has 0 amide bonds. The first-order valence-electron chi connectivity index (χ1n) is 11.7. The summed E-state index contributed by atoms with van der Waals surface area (Å²) in [6.07, 6.45) is 0.696. The van der Waals surface area contributed by atoms with Crippen molar-refractivity contribution in [2.45, 2.75) is 53.1 Å². The van der Waals surface area contributed by atoms with Crippen LogP contribution >= 0.6 is 0 Å². The molecule has 0 saturated carbocycles. The summed E-state index contributed by atoms with van der Waals surface area (Å²) in [7, 11) is 4.55. The monoisotopic (exact) mass is 501 g/mol. The number of carbonyl (C=O) groups excluding carboxylic acids is 3. The quantitative estimate of drug-likeness (QED) is 0.304. The third-order valence-corrected chi connectivity index (χ3v) is 5.82. The van der Waals surface area contributed by atoms with Gasteiger partial charge in [-0.2, -0.15) is 0 Å². The minimum absolute atomic E-state index is 0.0714. The molecule has 9 heteroatoms. The van der Waals surface area contributed by atoms with Crippen LogP contribution in [0.5, 0.6) is 23.0 Å². The lowest BCUT2D eigenvalue weighted by atomic mass is 9.83. The van der Waals surface area contributed by atoms with Crippen molar-refractivity contribution in [1.29, 1.82) is 0 Å². The average molecular weight is 502 g/mol. The highest BCUT2D eigenvalue weighted by Gasteiger charge is 2.31. The van der Waals surface area contributed by atoms with Gasteiger partial charge < -0.3 is 23.7 Å². The number of esters is 2. The Bertz CT molecular complexity index is 1080. The number of hydrogen-bond acceptors (Lipinski definition) is 9. The molecule has 0 spiro atoms. The van der Waals surface area contributed by atoms with Crippen LogP contribution in [0.3, 0.4) is 0 Å². The van der Waals surface area contributed by atoms with E-state index in [0.717, 1.165) is 5.56 Å². The van der Waals surface area contributed by atoms with E-state index in [1.54, 1.807) is 27.2 Å². The Hall–Kier alpha value is -3.62. The molecule has 0 radical (unpaired) electrons. The summed E-state index contributed by atoms with van der Waals surface area (Å²) in [6.45, 7) is 8.72. The number of nitrogens with zero attached hydrogens (tertiary/aromatic N) is 1. The predicted molar refractivity (Wildman–Crippen MR) is 133 cm³/mol. The first-order chi connectivity index (χ1) is 17.0. The molecular formula is C27H35NO8. The van der Waals surface area contributed by atoms with Crippen molar-refractivity contribution in [3.8, 4) is 23.0 Å².